The van der Waals surface area contributed by atoms with Gasteiger partial charge in [0.1, 0.15) is 34.5 Å². The highest BCUT2D eigenvalue weighted by Gasteiger charge is 2.26. The van der Waals surface area contributed by atoms with Crippen LogP contribution in [0.15, 0.2) is 42.5 Å². The van der Waals surface area contributed by atoms with Crippen LogP contribution in [0.25, 0.3) is 28.3 Å². The van der Waals surface area contributed by atoms with Crippen molar-refractivity contribution in [1.82, 2.24) is 0 Å². The molecule has 0 aliphatic carbocycles. The Hall–Kier alpha value is -3.80. The van der Waals surface area contributed by atoms with E-state index in [1.807, 2.05) is 0 Å². The van der Waals surface area contributed by atoms with Crippen LogP contribution in [0.4, 0.5) is 0 Å². The minimum absolute atomic E-state index is 0.0743. The fourth-order valence-electron chi connectivity index (χ4n) is 7.66. The van der Waals surface area contributed by atoms with Crippen LogP contribution in [0.1, 0.15) is 199 Å². The third kappa shape index (κ3) is 19.3. The van der Waals surface area contributed by atoms with Crippen LogP contribution < -0.4 is 28.4 Å². The lowest BCUT2D eigenvalue weighted by Crippen LogP contribution is -2.10. The molecule has 0 amide bonds. The standard InChI is InChI=1S/C61H98O6/c1-18-48(19-2)50-37-58(65-33-26-45(11)12)52(39-57(50)64-32-25-44(9)10)54-41-59(66-34-27-46(13)14)53(40-60(54)67-35-28-47(15)16)51-38-55(62-30-23-42(5)6)49(22-29-61(17,20-3)21-4)36-56(51)63-31-24-43(7)8/h22,29,36-48H,18-21,23-28,30-35H2,1-17H3/b29-22+. The molecule has 0 fully saturated rings. The molecule has 0 atom stereocenters. The second-order valence-electron chi connectivity index (χ2n) is 22.0. The van der Waals surface area contributed by atoms with E-state index in [2.05, 4.69) is 166 Å². The Kier molecular flexibility index (Phi) is 25.1. The summed E-state index contributed by atoms with van der Waals surface area (Å²) in [6.45, 7) is 42.1. The smallest absolute Gasteiger partial charge is 0.128 e. The van der Waals surface area contributed by atoms with Gasteiger partial charge in [0.25, 0.3) is 0 Å². The summed E-state index contributed by atoms with van der Waals surface area (Å²) in [5.41, 5.74) is 6.06. The molecule has 0 heterocycles. The topological polar surface area (TPSA) is 55.4 Å². The van der Waals surface area contributed by atoms with E-state index in [-0.39, 0.29) is 5.41 Å². The zero-order chi connectivity index (χ0) is 49.7. The van der Waals surface area contributed by atoms with Gasteiger partial charge in [-0.1, -0.05) is 130 Å². The molecule has 0 spiro atoms. The van der Waals surface area contributed by atoms with Crippen molar-refractivity contribution in [3.05, 3.63) is 53.6 Å². The minimum atomic E-state index is 0.0743. The van der Waals surface area contributed by atoms with E-state index in [0.29, 0.717) is 81.1 Å². The molecule has 378 valence electrons. The molecule has 0 aliphatic heterocycles. The van der Waals surface area contributed by atoms with E-state index in [0.717, 1.165) is 127 Å². The highest BCUT2D eigenvalue weighted by atomic mass is 16.5. The quantitative estimate of drug-likeness (QED) is 0.0607. The third-order valence-electron chi connectivity index (χ3n) is 13.3. The van der Waals surface area contributed by atoms with Crippen molar-refractivity contribution in [2.24, 2.45) is 40.9 Å². The van der Waals surface area contributed by atoms with Crippen LogP contribution >= 0.6 is 0 Å². The van der Waals surface area contributed by atoms with Gasteiger partial charge in [0, 0.05) is 33.4 Å². The molecule has 6 nitrogen and oxygen atoms in total. The van der Waals surface area contributed by atoms with Crippen molar-refractivity contribution in [3.8, 4) is 56.8 Å². The first-order chi connectivity index (χ1) is 31.8. The average Bonchev–Trinajstić information content (AvgIpc) is 3.26. The Bertz CT molecular complexity index is 1890. The summed E-state index contributed by atoms with van der Waals surface area (Å²) in [5, 5.41) is 0. The van der Waals surface area contributed by atoms with Crippen LogP contribution in [0.2, 0.25) is 0 Å². The zero-order valence-electron chi connectivity index (χ0n) is 45.9. The Morgan fingerprint density at radius 3 is 1.00 bits per heavy atom. The summed E-state index contributed by atoms with van der Waals surface area (Å²) >= 11 is 0. The molecular weight excluding hydrogens is 829 g/mol. The van der Waals surface area contributed by atoms with Crippen molar-refractivity contribution >= 4 is 6.08 Å². The number of allylic oxidation sites excluding steroid dienone is 1. The van der Waals surface area contributed by atoms with E-state index in [1.54, 1.807) is 0 Å². The summed E-state index contributed by atoms with van der Waals surface area (Å²) in [6.07, 6.45) is 14.4. The lowest BCUT2D eigenvalue weighted by atomic mass is 9.84. The molecule has 0 N–H and O–H groups in total. The molecule has 0 saturated carbocycles. The molecule has 0 aliphatic rings. The highest BCUT2D eigenvalue weighted by molar-refractivity contribution is 5.87. The third-order valence-corrected chi connectivity index (χ3v) is 13.3. The molecule has 3 rings (SSSR count). The summed E-state index contributed by atoms with van der Waals surface area (Å²) in [6, 6.07) is 13.3. The van der Waals surface area contributed by atoms with Gasteiger partial charge in [-0.2, -0.15) is 0 Å². The van der Waals surface area contributed by atoms with Gasteiger partial charge in [0.15, 0.2) is 0 Å². The molecule has 6 heteroatoms. The molecule has 0 unspecified atom stereocenters. The van der Waals surface area contributed by atoms with E-state index in [4.69, 9.17) is 28.4 Å². The average molecular weight is 927 g/mol. The lowest BCUT2D eigenvalue weighted by molar-refractivity contribution is 0.277. The van der Waals surface area contributed by atoms with Gasteiger partial charge < -0.3 is 28.4 Å². The van der Waals surface area contributed by atoms with Crippen LogP contribution in [0.5, 0.6) is 34.5 Å². The molecule has 3 aromatic carbocycles. The van der Waals surface area contributed by atoms with Gasteiger partial charge in [-0.3, -0.25) is 0 Å². The lowest BCUT2D eigenvalue weighted by Gasteiger charge is -2.25. The van der Waals surface area contributed by atoms with Crippen molar-refractivity contribution in [3.63, 3.8) is 0 Å². The Balaban J connectivity index is 2.57. The summed E-state index contributed by atoms with van der Waals surface area (Å²) in [4.78, 5) is 0. The number of hydrogen-bond acceptors (Lipinski definition) is 6. The fourth-order valence-corrected chi connectivity index (χ4v) is 7.66. The predicted molar refractivity (Wildman–Crippen MR) is 288 cm³/mol. The Morgan fingerprint density at radius 1 is 0.388 bits per heavy atom. The highest BCUT2D eigenvalue weighted by Crippen LogP contribution is 2.50. The predicted octanol–water partition coefficient (Wildman–Crippen LogP) is 18.3. The van der Waals surface area contributed by atoms with Crippen molar-refractivity contribution < 1.29 is 28.4 Å². The van der Waals surface area contributed by atoms with Crippen molar-refractivity contribution in [2.75, 3.05) is 39.6 Å². The monoisotopic (exact) mass is 927 g/mol. The van der Waals surface area contributed by atoms with Gasteiger partial charge in [-0.15, -0.1) is 0 Å². The largest absolute Gasteiger partial charge is 0.493 e. The maximum Gasteiger partial charge on any atom is 0.128 e. The first-order valence-electron chi connectivity index (χ1n) is 26.8. The maximum atomic E-state index is 7.00. The minimum Gasteiger partial charge on any atom is -0.493 e. The van der Waals surface area contributed by atoms with E-state index in [1.165, 1.54) is 5.56 Å². The Labute approximate surface area is 411 Å². The number of benzene rings is 3. The van der Waals surface area contributed by atoms with E-state index >= 15 is 0 Å². The summed E-state index contributed by atoms with van der Waals surface area (Å²) in [5.74, 6) is 8.36. The maximum absolute atomic E-state index is 7.00. The van der Waals surface area contributed by atoms with Gasteiger partial charge in [0.05, 0.1) is 39.6 Å². The normalized spacial score (nSPS) is 12.3. The first kappa shape index (κ1) is 57.5. The van der Waals surface area contributed by atoms with Crippen molar-refractivity contribution in [1.29, 1.82) is 0 Å². The number of hydrogen-bond donors (Lipinski definition) is 0. The number of rotatable bonds is 33. The molecule has 67 heavy (non-hydrogen) atoms. The van der Waals surface area contributed by atoms with Crippen LogP contribution in [-0.2, 0) is 0 Å². The second-order valence-corrected chi connectivity index (χ2v) is 22.0. The number of ether oxygens (including phenoxy) is 6. The van der Waals surface area contributed by atoms with E-state index < -0.39 is 0 Å². The van der Waals surface area contributed by atoms with Gasteiger partial charge in [-0.25, -0.2) is 0 Å². The molecule has 0 saturated heterocycles. The van der Waals surface area contributed by atoms with Crippen LogP contribution in [0, 0.1) is 40.9 Å². The second kappa shape index (κ2) is 29.3. The van der Waals surface area contributed by atoms with Gasteiger partial charge in [0.2, 0.25) is 0 Å². The molecule has 3 aromatic rings. The molecular formula is C61H98O6. The van der Waals surface area contributed by atoms with Crippen LogP contribution in [-0.4, -0.2) is 39.6 Å². The zero-order valence-corrected chi connectivity index (χ0v) is 45.9. The molecule has 0 radical (unpaired) electrons. The molecule has 0 aromatic heterocycles. The van der Waals surface area contributed by atoms with Gasteiger partial charge in [-0.05, 0) is 147 Å². The summed E-state index contributed by atoms with van der Waals surface area (Å²) in [7, 11) is 0. The molecule has 0 bridgehead atoms. The summed E-state index contributed by atoms with van der Waals surface area (Å²) < 4.78 is 41.3. The van der Waals surface area contributed by atoms with E-state index in [9.17, 15) is 0 Å². The fraction of sp³-hybridized carbons (Fsp3) is 0.672. The van der Waals surface area contributed by atoms with Gasteiger partial charge >= 0.3 is 0 Å². The van der Waals surface area contributed by atoms with Crippen molar-refractivity contribution in [2.45, 2.75) is 188 Å². The Morgan fingerprint density at radius 2 is 0.672 bits per heavy atom. The SMILES string of the molecule is CCC(CC)c1cc(OCCC(C)C)c(-c2cc(OCCC(C)C)c(-c3cc(OCCC(C)C)c(/C=C/C(C)(CC)CC)cc3OCCC(C)C)cc2OCCC(C)C)cc1OCCC(C)C. The first-order valence-corrected chi connectivity index (χ1v) is 26.8. The van der Waals surface area contributed by atoms with Crippen LogP contribution in [0.3, 0.4) is 0 Å².